The van der Waals surface area contributed by atoms with Gasteiger partial charge < -0.3 is 10.1 Å². The smallest absolute Gasteiger partial charge is 0.417 e. The Labute approximate surface area is 136 Å². The first-order chi connectivity index (χ1) is 11.4. The first-order valence-electron chi connectivity index (χ1n) is 7.02. The SMILES string of the molecule is O=C(CNC(=O)c1ccccc1C(F)(F)F)OCc1ccccc1. The summed E-state index contributed by atoms with van der Waals surface area (Å²) < 4.78 is 43.5. The number of benzene rings is 2. The van der Waals surface area contributed by atoms with Gasteiger partial charge in [0.05, 0.1) is 11.1 Å². The molecule has 1 N–H and O–H groups in total. The summed E-state index contributed by atoms with van der Waals surface area (Å²) in [5.41, 5.74) is -0.833. The van der Waals surface area contributed by atoms with Crippen molar-refractivity contribution in [3.8, 4) is 0 Å². The molecule has 1 amide bonds. The second-order valence-corrected chi connectivity index (χ2v) is 4.87. The third kappa shape index (κ3) is 4.84. The number of amides is 1. The molecule has 0 saturated heterocycles. The van der Waals surface area contributed by atoms with Gasteiger partial charge in [-0.05, 0) is 17.7 Å². The fourth-order valence-corrected chi connectivity index (χ4v) is 1.97. The average molecular weight is 337 g/mol. The predicted octanol–water partition coefficient (Wildman–Crippen LogP) is 3.18. The van der Waals surface area contributed by atoms with Crippen LogP contribution in [0.15, 0.2) is 54.6 Å². The van der Waals surface area contributed by atoms with Gasteiger partial charge in [-0.1, -0.05) is 42.5 Å². The minimum atomic E-state index is -4.65. The van der Waals surface area contributed by atoms with E-state index in [0.717, 1.165) is 17.7 Å². The van der Waals surface area contributed by atoms with Crippen molar-refractivity contribution in [1.82, 2.24) is 5.32 Å². The number of nitrogens with one attached hydrogen (secondary N) is 1. The maximum Gasteiger partial charge on any atom is 0.417 e. The molecule has 0 fully saturated rings. The lowest BCUT2D eigenvalue weighted by molar-refractivity contribution is -0.143. The topological polar surface area (TPSA) is 55.4 Å². The second kappa shape index (κ2) is 7.63. The van der Waals surface area contributed by atoms with Gasteiger partial charge in [-0.2, -0.15) is 13.2 Å². The normalized spacial score (nSPS) is 11.0. The first-order valence-corrected chi connectivity index (χ1v) is 7.02. The van der Waals surface area contributed by atoms with Crippen molar-refractivity contribution in [3.63, 3.8) is 0 Å². The van der Waals surface area contributed by atoms with Gasteiger partial charge in [-0.25, -0.2) is 0 Å². The molecule has 0 aliphatic carbocycles. The van der Waals surface area contributed by atoms with Crippen molar-refractivity contribution in [1.29, 1.82) is 0 Å². The molecule has 0 bridgehead atoms. The lowest BCUT2D eigenvalue weighted by atomic mass is 10.1. The van der Waals surface area contributed by atoms with E-state index in [0.29, 0.717) is 0 Å². The lowest BCUT2D eigenvalue weighted by Crippen LogP contribution is -2.32. The van der Waals surface area contributed by atoms with E-state index >= 15 is 0 Å². The zero-order valence-corrected chi connectivity index (χ0v) is 12.5. The van der Waals surface area contributed by atoms with Crippen molar-refractivity contribution < 1.29 is 27.5 Å². The summed E-state index contributed by atoms with van der Waals surface area (Å²) in [6.07, 6.45) is -4.65. The summed E-state index contributed by atoms with van der Waals surface area (Å²) in [4.78, 5) is 23.4. The molecule has 0 atom stereocenters. The molecule has 0 spiro atoms. The van der Waals surface area contributed by atoms with E-state index < -0.39 is 35.7 Å². The van der Waals surface area contributed by atoms with Crippen LogP contribution >= 0.6 is 0 Å². The molecule has 0 radical (unpaired) electrons. The van der Waals surface area contributed by atoms with E-state index in [2.05, 4.69) is 5.32 Å². The van der Waals surface area contributed by atoms with Gasteiger partial charge in [0, 0.05) is 0 Å². The molecule has 0 unspecified atom stereocenters. The largest absolute Gasteiger partial charge is 0.460 e. The molecule has 0 aliphatic rings. The quantitative estimate of drug-likeness (QED) is 0.853. The van der Waals surface area contributed by atoms with Crippen molar-refractivity contribution in [2.45, 2.75) is 12.8 Å². The number of alkyl halides is 3. The fraction of sp³-hybridized carbons (Fsp3) is 0.176. The molecule has 126 valence electrons. The van der Waals surface area contributed by atoms with Gasteiger partial charge in [-0.3, -0.25) is 9.59 Å². The summed E-state index contributed by atoms with van der Waals surface area (Å²) in [6.45, 7) is -0.494. The highest BCUT2D eigenvalue weighted by molar-refractivity contribution is 5.97. The van der Waals surface area contributed by atoms with Crippen LogP contribution in [0.4, 0.5) is 13.2 Å². The van der Waals surface area contributed by atoms with Crippen LogP contribution in [-0.4, -0.2) is 18.4 Å². The van der Waals surface area contributed by atoms with E-state index in [1.165, 1.54) is 12.1 Å². The Morgan fingerprint density at radius 2 is 1.58 bits per heavy atom. The molecule has 24 heavy (non-hydrogen) atoms. The van der Waals surface area contributed by atoms with Crippen molar-refractivity contribution in [2.24, 2.45) is 0 Å². The minimum Gasteiger partial charge on any atom is -0.460 e. The number of halogens is 3. The van der Waals surface area contributed by atoms with Crippen LogP contribution in [0, 0.1) is 0 Å². The van der Waals surface area contributed by atoms with E-state index in [1.807, 2.05) is 6.07 Å². The number of hydrogen-bond acceptors (Lipinski definition) is 3. The Hall–Kier alpha value is -2.83. The third-order valence-corrected chi connectivity index (χ3v) is 3.11. The molecule has 0 heterocycles. The van der Waals surface area contributed by atoms with E-state index in [4.69, 9.17) is 4.74 Å². The van der Waals surface area contributed by atoms with Gasteiger partial charge in [0.2, 0.25) is 0 Å². The number of ether oxygens (including phenoxy) is 1. The molecule has 2 aromatic rings. The Kier molecular flexibility index (Phi) is 5.57. The van der Waals surface area contributed by atoms with E-state index in [9.17, 15) is 22.8 Å². The first kappa shape index (κ1) is 17.5. The summed E-state index contributed by atoms with van der Waals surface area (Å²) in [7, 11) is 0. The highest BCUT2D eigenvalue weighted by Gasteiger charge is 2.34. The molecule has 0 saturated carbocycles. The van der Waals surface area contributed by atoms with Crippen molar-refractivity contribution >= 4 is 11.9 Å². The maximum atomic E-state index is 12.8. The second-order valence-electron chi connectivity index (χ2n) is 4.87. The molecular formula is C17H14F3NO3. The number of carbonyl (C=O) groups excluding carboxylic acids is 2. The molecule has 2 aromatic carbocycles. The van der Waals surface area contributed by atoms with Crippen LogP contribution in [0.25, 0.3) is 0 Å². The summed E-state index contributed by atoms with van der Waals surface area (Å²) in [6, 6.07) is 13.2. The molecule has 2 rings (SSSR count). The van der Waals surface area contributed by atoms with Crippen LogP contribution in [0.1, 0.15) is 21.5 Å². The van der Waals surface area contributed by atoms with Gasteiger partial charge in [0.15, 0.2) is 0 Å². The van der Waals surface area contributed by atoms with Crippen LogP contribution in [0.3, 0.4) is 0 Å². The Balaban J connectivity index is 1.90. The summed E-state index contributed by atoms with van der Waals surface area (Å²) in [5.74, 6) is -1.73. The highest BCUT2D eigenvalue weighted by atomic mass is 19.4. The monoisotopic (exact) mass is 337 g/mol. The van der Waals surface area contributed by atoms with Crippen molar-refractivity contribution in [2.75, 3.05) is 6.54 Å². The van der Waals surface area contributed by atoms with Gasteiger partial charge in [0.1, 0.15) is 13.2 Å². The van der Waals surface area contributed by atoms with Crippen LogP contribution in [0.5, 0.6) is 0 Å². The number of esters is 1. The van der Waals surface area contributed by atoms with Crippen LogP contribution < -0.4 is 5.32 Å². The van der Waals surface area contributed by atoms with Crippen LogP contribution in [-0.2, 0) is 22.3 Å². The Morgan fingerprint density at radius 3 is 2.25 bits per heavy atom. The fourth-order valence-electron chi connectivity index (χ4n) is 1.97. The zero-order chi connectivity index (χ0) is 17.6. The third-order valence-electron chi connectivity index (χ3n) is 3.11. The summed E-state index contributed by atoms with van der Waals surface area (Å²) >= 11 is 0. The standard InChI is InChI=1S/C17H14F3NO3/c18-17(19,20)14-9-5-4-8-13(14)16(23)21-10-15(22)24-11-12-6-2-1-3-7-12/h1-9H,10-11H2,(H,21,23). The molecule has 0 aliphatic heterocycles. The Bertz CT molecular complexity index is 715. The van der Waals surface area contributed by atoms with Gasteiger partial charge in [-0.15, -0.1) is 0 Å². The number of rotatable bonds is 5. The maximum absolute atomic E-state index is 12.8. The lowest BCUT2D eigenvalue weighted by Gasteiger charge is -2.12. The average Bonchev–Trinajstić information content (AvgIpc) is 2.58. The minimum absolute atomic E-state index is 0.0225. The number of carbonyl (C=O) groups is 2. The van der Waals surface area contributed by atoms with E-state index in [1.54, 1.807) is 24.3 Å². The number of hydrogen-bond donors (Lipinski definition) is 1. The zero-order valence-electron chi connectivity index (χ0n) is 12.5. The van der Waals surface area contributed by atoms with Crippen LogP contribution in [0.2, 0.25) is 0 Å². The van der Waals surface area contributed by atoms with Crippen molar-refractivity contribution in [3.05, 3.63) is 71.3 Å². The summed E-state index contributed by atoms with van der Waals surface area (Å²) in [5, 5.41) is 2.13. The predicted molar refractivity (Wildman–Crippen MR) is 80.0 cm³/mol. The highest BCUT2D eigenvalue weighted by Crippen LogP contribution is 2.31. The van der Waals surface area contributed by atoms with E-state index in [-0.39, 0.29) is 6.61 Å². The van der Waals surface area contributed by atoms with Gasteiger partial charge >= 0.3 is 12.1 Å². The van der Waals surface area contributed by atoms with Gasteiger partial charge in [0.25, 0.3) is 5.91 Å². The molecular weight excluding hydrogens is 323 g/mol. The molecule has 0 aromatic heterocycles. The Morgan fingerprint density at radius 1 is 0.958 bits per heavy atom. The molecule has 7 heteroatoms. The molecule has 4 nitrogen and oxygen atoms in total.